The van der Waals surface area contributed by atoms with Gasteiger partial charge in [-0.25, -0.2) is 24.9 Å². The Bertz CT molecular complexity index is 3420. The van der Waals surface area contributed by atoms with E-state index in [9.17, 15) is 0 Å². The third-order valence-corrected chi connectivity index (χ3v) is 12.9. The standard InChI is InChI=1S/C48H33N8P/c1-25-3-15-38-26(2)42-40(17-13-35(53-42)22-32-9-6-29(50-32)20-28-5-4-27(19-25)49-28)47-45(38)56-46-39-16-12-36-23-33-10-7-30(51-33)21-31-8-11-34(52-31)24-37-14-18-41(48(46)57-47)44(55-37)43(39)54-36/h3-25,47,49,52,57H,1-2H3/b15-3-,27-19-,28-20-,30-21?,31-21?,32-22?,33-23?,34-24?,36-23?,37-24?. The van der Waals surface area contributed by atoms with Gasteiger partial charge < -0.3 is 9.97 Å². The minimum Gasteiger partial charge on any atom is -0.356 e. The molecule has 10 heterocycles. The SMILES string of the molecule is CC1=C2/C=C\C(C)/C=c3/cc/c([nH]3)=C/C3=NC(=Cc4ccc(c1n4)C1Pc4c(c5ccc6cc7nc(cc8ccc(cc9ccc4c(n9)c5n6)[nH]8)C=C7)N=C21)C=C3. The van der Waals surface area contributed by atoms with Crippen LogP contribution in [0.5, 0.6) is 0 Å². The summed E-state index contributed by atoms with van der Waals surface area (Å²) >= 11 is 0. The quantitative estimate of drug-likeness (QED) is 0.119. The molecule has 0 spiro atoms. The topological polar surface area (TPSA) is 108 Å². The fourth-order valence-corrected chi connectivity index (χ4v) is 10.3. The van der Waals surface area contributed by atoms with Gasteiger partial charge in [-0.1, -0.05) is 39.8 Å². The monoisotopic (exact) mass is 752 g/mol. The Kier molecular flexibility index (Phi) is 6.99. The van der Waals surface area contributed by atoms with E-state index >= 15 is 0 Å². The maximum absolute atomic E-state index is 5.68. The summed E-state index contributed by atoms with van der Waals surface area (Å²) in [7, 11) is 0.399. The highest BCUT2D eigenvalue weighted by atomic mass is 31.1. The average molecular weight is 753 g/mol. The highest BCUT2D eigenvalue weighted by molar-refractivity contribution is 7.50. The molecule has 0 saturated carbocycles. The first-order valence-corrected chi connectivity index (χ1v) is 20.3. The molecule has 57 heavy (non-hydrogen) atoms. The van der Waals surface area contributed by atoms with Crippen molar-refractivity contribution in [3.8, 4) is 0 Å². The number of aromatic amines is 2. The van der Waals surface area contributed by atoms with E-state index in [-0.39, 0.29) is 11.6 Å². The largest absolute Gasteiger partial charge is 0.356 e. The predicted molar refractivity (Wildman–Crippen MR) is 237 cm³/mol. The molecule has 3 atom stereocenters. The molecule has 8 nitrogen and oxygen atoms in total. The second-order valence-corrected chi connectivity index (χ2v) is 16.6. The summed E-state index contributed by atoms with van der Waals surface area (Å²) in [5.74, 6) is 0.163. The van der Waals surface area contributed by atoms with Crippen molar-refractivity contribution >= 4 is 111 Å². The zero-order valence-corrected chi connectivity index (χ0v) is 32.0. The Balaban J connectivity index is 1.11. The van der Waals surface area contributed by atoms with E-state index in [1.54, 1.807) is 0 Å². The molecule has 5 aliphatic rings. The molecule has 15 bridgehead atoms. The molecule has 7 aromatic rings. The van der Waals surface area contributed by atoms with Gasteiger partial charge in [0.2, 0.25) is 0 Å². The predicted octanol–water partition coefficient (Wildman–Crippen LogP) is 8.88. The lowest BCUT2D eigenvalue weighted by atomic mass is 9.86. The van der Waals surface area contributed by atoms with Gasteiger partial charge in [0.1, 0.15) is 0 Å². The fourth-order valence-electron chi connectivity index (χ4n) is 8.54. The van der Waals surface area contributed by atoms with Gasteiger partial charge in [-0.3, -0.25) is 4.99 Å². The van der Waals surface area contributed by atoms with E-state index in [1.165, 1.54) is 10.9 Å². The maximum Gasteiger partial charge on any atom is 0.0994 e. The van der Waals surface area contributed by atoms with Crippen LogP contribution in [-0.4, -0.2) is 41.3 Å². The Morgan fingerprint density at radius 1 is 0.632 bits per heavy atom. The molecule has 1 aliphatic carbocycles. The van der Waals surface area contributed by atoms with Crippen molar-refractivity contribution in [3.63, 3.8) is 0 Å². The van der Waals surface area contributed by atoms with Crippen LogP contribution in [0, 0.1) is 5.92 Å². The Labute approximate surface area is 328 Å². The van der Waals surface area contributed by atoms with E-state index in [0.717, 1.165) is 111 Å². The summed E-state index contributed by atoms with van der Waals surface area (Å²) in [4.78, 5) is 38.4. The van der Waals surface area contributed by atoms with Gasteiger partial charge in [0.25, 0.3) is 0 Å². The number of H-pyrrole nitrogens is 2. The van der Waals surface area contributed by atoms with Gasteiger partial charge in [-0.2, -0.15) is 0 Å². The van der Waals surface area contributed by atoms with Crippen molar-refractivity contribution in [3.05, 3.63) is 153 Å². The molecule has 4 aliphatic heterocycles. The van der Waals surface area contributed by atoms with Crippen LogP contribution in [0.4, 0.5) is 5.69 Å². The number of nitrogens with one attached hydrogen (secondary N) is 2. The highest BCUT2D eigenvalue weighted by Gasteiger charge is 2.36. The fraction of sp³-hybridized carbons (Fsp3) is 0.0833. The molecular formula is C48H33N8P. The van der Waals surface area contributed by atoms with Gasteiger partial charge in [0.15, 0.2) is 0 Å². The van der Waals surface area contributed by atoms with Gasteiger partial charge >= 0.3 is 0 Å². The number of pyridine rings is 3. The van der Waals surface area contributed by atoms with Crippen molar-refractivity contribution in [1.82, 2.24) is 29.9 Å². The zero-order valence-electron chi connectivity index (χ0n) is 31.0. The van der Waals surface area contributed by atoms with E-state index in [0.29, 0.717) is 8.58 Å². The lowest BCUT2D eigenvalue weighted by molar-refractivity contribution is 0.986. The summed E-state index contributed by atoms with van der Waals surface area (Å²) in [6, 6.07) is 27.5. The molecule has 12 rings (SSSR count). The van der Waals surface area contributed by atoms with Crippen LogP contribution in [0.3, 0.4) is 0 Å². The molecule has 0 saturated heterocycles. The van der Waals surface area contributed by atoms with Crippen LogP contribution in [0.1, 0.15) is 47.8 Å². The minimum absolute atomic E-state index is 0.0308. The van der Waals surface area contributed by atoms with Crippen LogP contribution >= 0.6 is 8.58 Å². The first-order chi connectivity index (χ1) is 27.9. The lowest BCUT2D eigenvalue weighted by Gasteiger charge is -2.33. The Morgan fingerprint density at radius 2 is 1.42 bits per heavy atom. The zero-order chi connectivity index (χ0) is 37.8. The summed E-state index contributed by atoms with van der Waals surface area (Å²) in [5, 5.41) is 5.38. The normalized spacial score (nSPS) is 20.8. The summed E-state index contributed by atoms with van der Waals surface area (Å²) in [5.41, 5.74) is 16.3. The molecule has 1 aromatic carbocycles. The van der Waals surface area contributed by atoms with Crippen molar-refractivity contribution in [2.45, 2.75) is 19.5 Å². The van der Waals surface area contributed by atoms with Crippen LogP contribution in [0.25, 0.3) is 79.8 Å². The molecule has 3 unspecified atom stereocenters. The van der Waals surface area contributed by atoms with Gasteiger partial charge in [0.05, 0.1) is 73.3 Å². The minimum atomic E-state index is 0.0308. The summed E-state index contributed by atoms with van der Waals surface area (Å²) < 4.78 is 0. The number of fused-ring (bicyclic) bond motifs is 16. The molecule has 6 aromatic heterocycles. The van der Waals surface area contributed by atoms with E-state index < -0.39 is 0 Å². The maximum atomic E-state index is 5.68. The van der Waals surface area contributed by atoms with E-state index in [2.05, 4.69) is 139 Å². The van der Waals surface area contributed by atoms with Gasteiger partial charge in [-0.05, 0) is 133 Å². The smallest absolute Gasteiger partial charge is 0.0994 e. The van der Waals surface area contributed by atoms with Crippen molar-refractivity contribution in [1.29, 1.82) is 0 Å². The molecular weight excluding hydrogens is 720 g/mol. The second-order valence-electron chi connectivity index (χ2n) is 15.2. The number of benzene rings is 1. The molecule has 2 N–H and O–H groups in total. The number of aliphatic imine (C=N–C) groups is 2. The highest BCUT2D eigenvalue weighted by Crippen LogP contribution is 2.52. The first kappa shape index (κ1) is 32.4. The van der Waals surface area contributed by atoms with Gasteiger partial charge in [0, 0.05) is 43.4 Å². The van der Waals surface area contributed by atoms with Crippen molar-refractivity contribution < 1.29 is 0 Å². The van der Waals surface area contributed by atoms with Crippen LogP contribution in [0.15, 0.2) is 124 Å². The summed E-state index contributed by atoms with van der Waals surface area (Å²) in [6.45, 7) is 4.41. The number of hydrogen-bond acceptors (Lipinski definition) is 6. The average Bonchev–Trinajstić information content (AvgIpc) is 4.04. The van der Waals surface area contributed by atoms with Gasteiger partial charge in [-0.15, -0.1) is 0 Å². The van der Waals surface area contributed by atoms with Crippen molar-refractivity contribution in [2.75, 3.05) is 0 Å². The molecule has 0 fully saturated rings. The molecule has 0 amide bonds. The number of rotatable bonds is 0. The summed E-state index contributed by atoms with van der Waals surface area (Å²) in [6.07, 6.45) is 19.1. The lowest BCUT2D eigenvalue weighted by Crippen LogP contribution is -2.24. The first-order valence-electron chi connectivity index (χ1n) is 19.2. The number of aromatic nitrogens is 6. The van der Waals surface area contributed by atoms with Crippen LogP contribution in [0.2, 0.25) is 0 Å². The van der Waals surface area contributed by atoms with E-state index in [4.69, 9.17) is 29.9 Å². The van der Waals surface area contributed by atoms with Crippen LogP contribution in [-0.2, 0) is 0 Å². The van der Waals surface area contributed by atoms with E-state index in [1.807, 2.05) is 18.2 Å². The third-order valence-electron chi connectivity index (χ3n) is 11.2. The second kappa shape index (κ2) is 12.3. The number of hydrogen-bond donors (Lipinski definition) is 2. The number of allylic oxidation sites excluding steroid dienone is 6. The van der Waals surface area contributed by atoms with Crippen LogP contribution < -0.4 is 16.0 Å². The Morgan fingerprint density at radius 3 is 2.32 bits per heavy atom. The molecule has 0 radical (unpaired) electrons. The Hall–Kier alpha value is -6.89. The molecule has 270 valence electrons. The molecule has 9 heteroatoms. The number of nitrogens with zero attached hydrogens (tertiary/aromatic N) is 6. The third kappa shape index (κ3) is 5.47. The van der Waals surface area contributed by atoms with Crippen molar-refractivity contribution in [2.24, 2.45) is 15.9 Å².